The number of rotatable bonds is 7. The summed E-state index contributed by atoms with van der Waals surface area (Å²) in [6.07, 6.45) is 2.00. The van der Waals surface area contributed by atoms with Crippen molar-refractivity contribution in [1.82, 2.24) is 20.2 Å². The Morgan fingerprint density at radius 3 is 2.76 bits per heavy atom. The Morgan fingerprint density at radius 1 is 1.36 bits per heavy atom. The minimum Gasteiger partial charge on any atom is -0.349 e. The van der Waals surface area contributed by atoms with Crippen LogP contribution in [0.2, 0.25) is 0 Å². The second kappa shape index (κ2) is 7.57. The number of aromatic nitrogens is 2. The molecule has 2 N–H and O–H groups in total. The molecule has 25 heavy (non-hydrogen) atoms. The number of halogens is 1. The number of hydrogen-bond acceptors (Lipinski definition) is 4. The lowest BCUT2D eigenvalue weighted by Gasteiger charge is -2.17. The second-order valence-electron chi connectivity index (χ2n) is 6.41. The van der Waals surface area contributed by atoms with Gasteiger partial charge in [-0.2, -0.15) is 0 Å². The molecule has 0 spiro atoms. The predicted octanol–water partition coefficient (Wildman–Crippen LogP) is 1.65. The molecule has 1 heterocycles. The number of aromatic amines is 1. The van der Waals surface area contributed by atoms with Crippen molar-refractivity contribution >= 4 is 5.91 Å². The summed E-state index contributed by atoms with van der Waals surface area (Å²) in [4.78, 5) is 32.8. The van der Waals surface area contributed by atoms with E-state index in [2.05, 4.69) is 15.3 Å². The lowest BCUT2D eigenvalue weighted by molar-refractivity contribution is 0.0944. The Kier molecular flexibility index (Phi) is 5.23. The number of carbonyl (C=O) groups excluding carboxylic acids is 1. The molecule has 132 valence electrons. The smallest absolute Gasteiger partial charge is 0.270 e. The monoisotopic (exact) mass is 344 g/mol. The van der Waals surface area contributed by atoms with Gasteiger partial charge in [0.25, 0.3) is 11.5 Å². The molecule has 7 heteroatoms. The number of likely N-dealkylation sites (N-methyl/N-ethyl adjacent to an activating group) is 1. The molecular weight excluding hydrogens is 323 g/mol. The van der Waals surface area contributed by atoms with Crippen molar-refractivity contribution in [2.24, 2.45) is 0 Å². The Morgan fingerprint density at radius 2 is 2.08 bits per heavy atom. The van der Waals surface area contributed by atoms with Crippen molar-refractivity contribution in [3.63, 3.8) is 0 Å². The van der Waals surface area contributed by atoms with Crippen LogP contribution in [0.3, 0.4) is 0 Å². The van der Waals surface area contributed by atoms with Crippen LogP contribution in [0, 0.1) is 5.82 Å². The fourth-order valence-corrected chi connectivity index (χ4v) is 2.57. The third-order valence-corrected chi connectivity index (χ3v) is 4.10. The second-order valence-corrected chi connectivity index (χ2v) is 6.41. The van der Waals surface area contributed by atoms with Crippen LogP contribution in [0.1, 0.15) is 40.6 Å². The van der Waals surface area contributed by atoms with E-state index in [1.807, 2.05) is 11.9 Å². The van der Waals surface area contributed by atoms with Gasteiger partial charge >= 0.3 is 0 Å². The summed E-state index contributed by atoms with van der Waals surface area (Å²) < 4.78 is 12.9. The van der Waals surface area contributed by atoms with Crippen molar-refractivity contribution in [3.8, 4) is 0 Å². The highest BCUT2D eigenvalue weighted by molar-refractivity contribution is 5.92. The minimum absolute atomic E-state index is 0.159. The minimum atomic E-state index is -0.344. The number of amides is 1. The van der Waals surface area contributed by atoms with Gasteiger partial charge in [-0.05, 0) is 37.6 Å². The van der Waals surface area contributed by atoms with E-state index in [9.17, 15) is 14.0 Å². The summed E-state index contributed by atoms with van der Waals surface area (Å²) in [6.45, 7) is 1.72. The van der Waals surface area contributed by atoms with Gasteiger partial charge in [-0.3, -0.25) is 9.59 Å². The molecule has 1 amide bonds. The molecule has 0 aliphatic heterocycles. The third kappa shape index (κ3) is 4.96. The molecule has 0 atom stereocenters. The van der Waals surface area contributed by atoms with E-state index in [4.69, 9.17) is 0 Å². The first-order valence-corrected chi connectivity index (χ1v) is 8.34. The molecule has 1 saturated carbocycles. The number of hydrogen-bond donors (Lipinski definition) is 2. The van der Waals surface area contributed by atoms with Gasteiger partial charge in [0.15, 0.2) is 0 Å². The van der Waals surface area contributed by atoms with E-state index >= 15 is 0 Å². The third-order valence-electron chi connectivity index (χ3n) is 4.10. The Labute approximate surface area is 145 Å². The molecule has 6 nitrogen and oxygen atoms in total. The number of nitrogens with zero attached hydrogens (tertiary/aromatic N) is 2. The van der Waals surface area contributed by atoms with Crippen molar-refractivity contribution in [2.45, 2.75) is 25.3 Å². The first kappa shape index (κ1) is 17.3. The van der Waals surface area contributed by atoms with Crippen molar-refractivity contribution < 1.29 is 9.18 Å². The molecule has 1 aliphatic rings. The molecule has 2 aromatic rings. The Bertz CT molecular complexity index is 799. The first-order valence-electron chi connectivity index (χ1n) is 8.34. The van der Waals surface area contributed by atoms with E-state index in [0.29, 0.717) is 25.5 Å². The highest BCUT2D eigenvalue weighted by Gasteiger charge is 2.27. The van der Waals surface area contributed by atoms with Crippen LogP contribution in [0.4, 0.5) is 4.39 Å². The molecule has 1 aromatic heterocycles. The van der Waals surface area contributed by atoms with Crippen molar-refractivity contribution in [3.05, 3.63) is 63.6 Å². The summed E-state index contributed by atoms with van der Waals surface area (Å²) in [6, 6.07) is 7.57. The van der Waals surface area contributed by atoms with Crippen LogP contribution in [0.5, 0.6) is 0 Å². The predicted molar refractivity (Wildman–Crippen MR) is 91.9 cm³/mol. The normalized spacial score (nSPS) is 13.9. The zero-order valence-electron chi connectivity index (χ0n) is 14.1. The molecule has 0 saturated heterocycles. The maximum atomic E-state index is 12.9. The quantitative estimate of drug-likeness (QED) is 0.801. The van der Waals surface area contributed by atoms with E-state index in [1.54, 1.807) is 12.1 Å². The van der Waals surface area contributed by atoms with Gasteiger partial charge in [-0.25, -0.2) is 9.37 Å². The van der Waals surface area contributed by atoms with Gasteiger partial charge in [0.2, 0.25) is 0 Å². The summed E-state index contributed by atoms with van der Waals surface area (Å²) in [5, 5.41) is 2.78. The van der Waals surface area contributed by atoms with Gasteiger partial charge < -0.3 is 15.2 Å². The molecular formula is C18H21FN4O2. The number of carbonyl (C=O) groups is 1. The fraction of sp³-hybridized carbons (Fsp3) is 0.389. The zero-order valence-corrected chi connectivity index (χ0v) is 14.1. The standard InChI is InChI=1S/C18H21FN4O2/c1-23(11-12-2-6-14(19)7-3-12)9-8-20-18(25)15-10-16(24)22-17(21-15)13-4-5-13/h2-3,6-7,10,13H,4-5,8-9,11H2,1H3,(H,20,25)(H,21,22,24). The highest BCUT2D eigenvalue weighted by Crippen LogP contribution is 2.37. The molecule has 1 fully saturated rings. The van der Waals surface area contributed by atoms with Crippen LogP contribution in [-0.4, -0.2) is 40.9 Å². The topological polar surface area (TPSA) is 78.1 Å². The van der Waals surface area contributed by atoms with E-state index in [0.717, 1.165) is 18.4 Å². The summed E-state index contributed by atoms with van der Waals surface area (Å²) in [5.41, 5.74) is 0.864. The van der Waals surface area contributed by atoms with Crippen LogP contribution >= 0.6 is 0 Å². The molecule has 0 bridgehead atoms. The SMILES string of the molecule is CN(CCNC(=O)c1cc(=O)[nH]c(C2CC2)n1)Cc1ccc(F)cc1. The number of H-pyrrole nitrogens is 1. The maximum Gasteiger partial charge on any atom is 0.270 e. The zero-order chi connectivity index (χ0) is 17.8. The van der Waals surface area contributed by atoms with Crippen LogP contribution < -0.4 is 10.9 Å². The van der Waals surface area contributed by atoms with E-state index in [1.165, 1.54) is 18.2 Å². The number of nitrogens with one attached hydrogen (secondary N) is 2. The Balaban J connectivity index is 1.49. The van der Waals surface area contributed by atoms with Crippen LogP contribution in [0.25, 0.3) is 0 Å². The highest BCUT2D eigenvalue weighted by atomic mass is 19.1. The average molecular weight is 344 g/mol. The van der Waals surface area contributed by atoms with Gasteiger partial charge in [-0.15, -0.1) is 0 Å². The average Bonchev–Trinajstić information content (AvgIpc) is 3.41. The largest absolute Gasteiger partial charge is 0.349 e. The van der Waals surface area contributed by atoms with E-state index in [-0.39, 0.29) is 28.9 Å². The van der Waals surface area contributed by atoms with Crippen LogP contribution in [0.15, 0.2) is 35.1 Å². The van der Waals surface area contributed by atoms with Gasteiger partial charge in [0, 0.05) is 31.6 Å². The molecule has 1 aliphatic carbocycles. The fourth-order valence-electron chi connectivity index (χ4n) is 2.57. The molecule has 3 rings (SSSR count). The maximum absolute atomic E-state index is 12.9. The van der Waals surface area contributed by atoms with Crippen LogP contribution in [-0.2, 0) is 6.54 Å². The first-order chi connectivity index (χ1) is 12.0. The molecule has 1 aromatic carbocycles. The summed E-state index contributed by atoms with van der Waals surface area (Å²) in [5.74, 6) is 0.283. The Hall–Kier alpha value is -2.54. The van der Waals surface area contributed by atoms with Crippen molar-refractivity contribution in [2.75, 3.05) is 20.1 Å². The number of benzene rings is 1. The van der Waals surface area contributed by atoms with Gasteiger partial charge in [0.1, 0.15) is 17.3 Å². The summed E-state index contributed by atoms with van der Waals surface area (Å²) in [7, 11) is 1.92. The lowest BCUT2D eigenvalue weighted by atomic mass is 10.2. The van der Waals surface area contributed by atoms with E-state index < -0.39 is 0 Å². The lowest BCUT2D eigenvalue weighted by Crippen LogP contribution is -2.34. The van der Waals surface area contributed by atoms with Crippen molar-refractivity contribution in [1.29, 1.82) is 0 Å². The summed E-state index contributed by atoms with van der Waals surface area (Å²) >= 11 is 0. The molecule has 0 radical (unpaired) electrons. The van der Waals surface area contributed by atoms with Gasteiger partial charge in [0.05, 0.1) is 0 Å². The van der Waals surface area contributed by atoms with Gasteiger partial charge in [-0.1, -0.05) is 12.1 Å². The molecule has 0 unspecified atom stereocenters.